The number of hydrogen-bond acceptors (Lipinski definition) is 4. The Morgan fingerprint density at radius 1 is 1.10 bits per heavy atom. The van der Waals surface area contributed by atoms with Crippen molar-refractivity contribution in [1.29, 1.82) is 0 Å². The van der Waals surface area contributed by atoms with Crippen LogP contribution >= 0.6 is 0 Å². The smallest absolute Gasteiger partial charge is 0.256 e. The third kappa shape index (κ3) is 7.49. The van der Waals surface area contributed by atoms with Crippen LogP contribution in [0, 0.1) is 11.3 Å². The van der Waals surface area contributed by atoms with Gasteiger partial charge in [-0.15, -0.1) is 0 Å². The largest absolute Gasteiger partial charge is 0.352 e. The van der Waals surface area contributed by atoms with Crippen molar-refractivity contribution in [2.75, 3.05) is 33.7 Å². The molecule has 31 heavy (non-hydrogen) atoms. The van der Waals surface area contributed by atoms with E-state index in [9.17, 15) is 14.4 Å². The van der Waals surface area contributed by atoms with E-state index in [4.69, 9.17) is 0 Å². The zero-order valence-corrected chi connectivity index (χ0v) is 20.1. The minimum atomic E-state index is -0.501. The molecule has 2 amide bonds. The van der Waals surface area contributed by atoms with Crippen molar-refractivity contribution in [2.45, 2.75) is 65.8 Å². The second-order valence-electron chi connectivity index (χ2n) is 10.3. The second-order valence-corrected chi connectivity index (χ2v) is 10.3. The van der Waals surface area contributed by atoms with Crippen molar-refractivity contribution in [3.63, 3.8) is 0 Å². The molecule has 7 heteroatoms. The van der Waals surface area contributed by atoms with Gasteiger partial charge in [0.05, 0.1) is 0 Å². The predicted molar refractivity (Wildman–Crippen MR) is 125 cm³/mol. The average molecular weight is 433 g/mol. The van der Waals surface area contributed by atoms with Gasteiger partial charge >= 0.3 is 0 Å². The number of rotatable bonds is 10. The second kappa shape index (κ2) is 10.9. The number of carbonyl (C=O) groups is 2. The first-order chi connectivity index (χ1) is 14.5. The molecule has 1 saturated carbocycles. The Morgan fingerprint density at radius 3 is 2.16 bits per heavy atom. The molecular weight excluding hydrogens is 392 g/mol. The van der Waals surface area contributed by atoms with Gasteiger partial charge in [0, 0.05) is 38.1 Å². The summed E-state index contributed by atoms with van der Waals surface area (Å²) < 4.78 is 1.91. The third-order valence-corrected chi connectivity index (χ3v) is 5.76. The van der Waals surface area contributed by atoms with Gasteiger partial charge in [-0.1, -0.05) is 40.5 Å². The molecular formula is C24H40N4O3. The minimum absolute atomic E-state index is 0.0454. The summed E-state index contributed by atoms with van der Waals surface area (Å²) in [7, 11) is 3.98. The lowest BCUT2D eigenvalue weighted by atomic mass is 9.93. The Hall–Kier alpha value is -2.15. The summed E-state index contributed by atoms with van der Waals surface area (Å²) in [4.78, 5) is 40.9. The van der Waals surface area contributed by atoms with Crippen molar-refractivity contribution >= 4 is 11.8 Å². The third-order valence-electron chi connectivity index (χ3n) is 5.76. The van der Waals surface area contributed by atoms with Gasteiger partial charge in [0.2, 0.25) is 5.43 Å². The van der Waals surface area contributed by atoms with Crippen LogP contribution in [-0.2, 0) is 0 Å². The number of nitrogens with one attached hydrogen (secondary N) is 2. The van der Waals surface area contributed by atoms with Crippen LogP contribution in [-0.4, -0.2) is 55.0 Å². The van der Waals surface area contributed by atoms with Crippen molar-refractivity contribution < 1.29 is 9.59 Å². The zero-order valence-electron chi connectivity index (χ0n) is 20.1. The lowest BCUT2D eigenvalue weighted by molar-refractivity contribution is 0.0927. The fourth-order valence-electron chi connectivity index (χ4n) is 4.23. The lowest BCUT2D eigenvalue weighted by Crippen LogP contribution is -2.42. The van der Waals surface area contributed by atoms with Crippen LogP contribution in [0.2, 0.25) is 0 Å². The summed E-state index contributed by atoms with van der Waals surface area (Å²) in [5.41, 5.74) is -0.547. The molecule has 2 N–H and O–H groups in total. The molecule has 1 aliphatic carbocycles. The lowest BCUT2D eigenvalue weighted by Gasteiger charge is -2.28. The van der Waals surface area contributed by atoms with Crippen molar-refractivity contribution in [3.8, 4) is 0 Å². The van der Waals surface area contributed by atoms with E-state index < -0.39 is 17.2 Å². The van der Waals surface area contributed by atoms with Crippen LogP contribution in [0.1, 0.15) is 86.6 Å². The molecule has 1 aromatic heterocycles. The Kier molecular flexibility index (Phi) is 8.86. The molecule has 2 rings (SSSR count). The van der Waals surface area contributed by atoms with Crippen molar-refractivity contribution in [3.05, 3.63) is 33.7 Å². The minimum Gasteiger partial charge on any atom is -0.352 e. The monoisotopic (exact) mass is 432 g/mol. The summed E-state index contributed by atoms with van der Waals surface area (Å²) in [5.74, 6) is -0.363. The molecule has 0 atom stereocenters. The number of pyridine rings is 1. The first-order valence-corrected chi connectivity index (χ1v) is 11.5. The van der Waals surface area contributed by atoms with Gasteiger partial charge in [-0.2, -0.15) is 0 Å². The summed E-state index contributed by atoms with van der Waals surface area (Å²) in [6.45, 7) is 10.1. The maximum absolute atomic E-state index is 13.1. The number of carbonyl (C=O) groups excluding carboxylic acids is 2. The maximum Gasteiger partial charge on any atom is 0.256 e. The Morgan fingerprint density at radius 2 is 1.65 bits per heavy atom. The Balaban J connectivity index is 2.28. The van der Waals surface area contributed by atoms with E-state index in [2.05, 4.69) is 43.2 Å². The number of nitrogens with zero attached hydrogens (tertiary/aromatic N) is 2. The molecule has 0 bridgehead atoms. The molecule has 1 fully saturated rings. The van der Waals surface area contributed by atoms with Crippen LogP contribution in [0.4, 0.5) is 0 Å². The molecule has 1 heterocycles. The number of amides is 2. The fourth-order valence-corrected chi connectivity index (χ4v) is 4.23. The molecule has 1 aromatic rings. The SMILES string of the molecule is CC(C)CCNC(=O)c1cn(C2CCCC2)cc(C(=O)NCC(C)(C)CN(C)C)c1=O. The van der Waals surface area contributed by atoms with Gasteiger partial charge in [-0.3, -0.25) is 14.4 Å². The summed E-state index contributed by atoms with van der Waals surface area (Å²) >= 11 is 0. The van der Waals surface area contributed by atoms with E-state index in [-0.39, 0.29) is 22.6 Å². The molecule has 0 aliphatic heterocycles. The summed E-state index contributed by atoms with van der Waals surface area (Å²) in [6.07, 6.45) is 8.33. The summed E-state index contributed by atoms with van der Waals surface area (Å²) in [6, 6.07) is 0.222. The van der Waals surface area contributed by atoms with Gasteiger partial charge in [-0.25, -0.2) is 0 Å². The highest BCUT2D eigenvalue weighted by Crippen LogP contribution is 2.29. The first kappa shape index (κ1) is 25.1. The quantitative estimate of drug-likeness (QED) is 0.595. The molecule has 1 aliphatic rings. The van der Waals surface area contributed by atoms with E-state index in [0.717, 1.165) is 38.6 Å². The van der Waals surface area contributed by atoms with E-state index in [1.807, 2.05) is 18.7 Å². The average Bonchev–Trinajstić information content (AvgIpc) is 3.19. The molecule has 0 spiro atoms. The van der Waals surface area contributed by atoms with Crippen molar-refractivity contribution in [2.24, 2.45) is 11.3 Å². The van der Waals surface area contributed by atoms with Crippen LogP contribution < -0.4 is 16.1 Å². The van der Waals surface area contributed by atoms with Gasteiger partial charge in [-0.05, 0) is 44.7 Å². The maximum atomic E-state index is 13.1. The van der Waals surface area contributed by atoms with Gasteiger partial charge in [0.1, 0.15) is 11.1 Å². The van der Waals surface area contributed by atoms with Crippen LogP contribution in [0.25, 0.3) is 0 Å². The Labute approximate surface area is 186 Å². The van der Waals surface area contributed by atoms with Crippen LogP contribution in [0.5, 0.6) is 0 Å². The van der Waals surface area contributed by atoms with E-state index in [1.165, 1.54) is 0 Å². The zero-order chi connectivity index (χ0) is 23.2. The number of hydrogen-bond donors (Lipinski definition) is 2. The standard InChI is InChI=1S/C24H40N4O3/c1-17(2)11-12-25-22(30)19-13-28(18-9-7-8-10-18)14-20(21(19)29)23(31)26-15-24(3,4)16-27(5)6/h13-14,17-18H,7-12,15-16H2,1-6H3,(H,25,30)(H,26,31). The number of aromatic nitrogens is 1. The fraction of sp³-hybridized carbons (Fsp3) is 0.708. The summed E-state index contributed by atoms with van der Waals surface area (Å²) in [5, 5.41) is 5.76. The van der Waals surface area contributed by atoms with Gasteiger partial charge in [0.25, 0.3) is 11.8 Å². The highest BCUT2D eigenvalue weighted by Gasteiger charge is 2.25. The predicted octanol–water partition coefficient (Wildman–Crippen LogP) is 3.06. The molecule has 0 saturated heterocycles. The highest BCUT2D eigenvalue weighted by molar-refractivity contribution is 5.99. The van der Waals surface area contributed by atoms with Crippen LogP contribution in [0.3, 0.4) is 0 Å². The Bertz CT molecular complexity index is 821. The van der Waals surface area contributed by atoms with Gasteiger partial charge in [0.15, 0.2) is 0 Å². The highest BCUT2D eigenvalue weighted by atomic mass is 16.2. The van der Waals surface area contributed by atoms with Crippen molar-refractivity contribution in [1.82, 2.24) is 20.1 Å². The molecule has 0 radical (unpaired) electrons. The molecule has 0 unspecified atom stereocenters. The van der Waals surface area contributed by atoms with E-state index in [1.54, 1.807) is 12.4 Å². The molecule has 0 aromatic carbocycles. The molecule has 174 valence electrons. The first-order valence-electron chi connectivity index (χ1n) is 11.5. The van der Waals surface area contributed by atoms with Crippen LogP contribution in [0.15, 0.2) is 17.2 Å². The molecule has 7 nitrogen and oxygen atoms in total. The van der Waals surface area contributed by atoms with E-state index >= 15 is 0 Å². The topological polar surface area (TPSA) is 83.4 Å². The van der Waals surface area contributed by atoms with Gasteiger partial charge < -0.3 is 20.1 Å². The normalized spacial score (nSPS) is 15.0. The van der Waals surface area contributed by atoms with E-state index in [0.29, 0.717) is 19.0 Å².